The second-order valence-electron chi connectivity index (χ2n) is 4.13. The summed E-state index contributed by atoms with van der Waals surface area (Å²) in [6.07, 6.45) is 5.52. The van der Waals surface area contributed by atoms with E-state index in [2.05, 4.69) is 13.8 Å². The second kappa shape index (κ2) is 4.10. The Morgan fingerprint density at radius 1 is 1.18 bits per heavy atom. The molecule has 1 heteroatoms. The van der Waals surface area contributed by atoms with Gasteiger partial charge in [0.1, 0.15) is 0 Å². The van der Waals surface area contributed by atoms with Gasteiger partial charge in [0.25, 0.3) is 0 Å². The van der Waals surface area contributed by atoms with E-state index in [1.807, 2.05) is 0 Å². The third-order valence-corrected chi connectivity index (χ3v) is 3.28. The molecule has 0 aromatic heterocycles. The molecule has 1 fully saturated rings. The molecule has 0 saturated heterocycles. The average molecular weight is 155 g/mol. The average Bonchev–Trinajstić information content (AvgIpc) is 1.97. The lowest BCUT2D eigenvalue weighted by atomic mass is 9.72. The van der Waals surface area contributed by atoms with E-state index in [1.54, 1.807) is 0 Å². The molecule has 0 spiro atoms. The van der Waals surface area contributed by atoms with Gasteiger partial charge in [0.15, 0.2) is 0 Å². The van der Waals surface area contributed by atoms with E-state index in [0.717, 1.165) is 24.3 Å². The van der Waals surface area contributed by atoms with E-state index in [1.165, 1.54) is 25.7 Å². The second-order valence-corrected chi connectivity index (χ2v) is 4.13. The van der Waals surface area contributed by atoms with Crippen molar-refractivity contribution in [2.75, 3.05) is 6.54 Å². The van der Waals surface area contributed by atoms with Crippen molar-refractivity contribution in [3.05, 3.63) is 0 Å². The smallest absolute Gasteiger partial charge is 0.00744 e. The molecule has 1 nitrogen and oxygen atoms in total. The third-order valence-electron chi connectivity index (χ3n) is 3.28. The first-order chi connectivity index (χ1) is 5.25. The molecule has 1 aliphatic rings. The number of hydrogen-bond donors (Lipinski definition) is 1. The van der Waals surface area contributed by atoms with E-state index in [9.17, 15) is 0 Å². The van der Waals surface area contributed by atoms with Crippen LogP contribution in [0, 0.1) is 17.8 Å². The van der Waals surface area contributed by atoms with Gasteiger partial charge in [0.2, 0.25) is 0 Å². The Bertz CT molecular complexity index is 101. The Morgan fingerprint density at radius 3 is 2.18 bits per heavy atom. The van der Waals surface area contributed by atoms with E-state index in [0.29, 0.717) is 0 Å². The molecule has 0 aromatic carbocycles. The predicted octanol–water partition coefficient (Wildman–Crippen LogP) is 2.41. The van der Waals surface area contributed by atoms with Crippen molar-refractivity contribution in [3.8, 4) is 0 Å². The standard InChI is InChI=1S/C10H21N/c1-8-4-3-5-9(2)10(8)6-7-11/h8-10H,3-7,11H2,1-2H3. The van der Waals surface area contributed by atoms with Crippen molar-refractivity contribution in [2.45, 2.75) is 39.5 Å². The van der Waals surface area contributed by atoms with Gasteiger partial charge in [-0.15, -0.1) is 0 Å². The van der Waals surface area contributed by atoms with Crippen LogP contribution in [-0.4, -0.2) is 6.54 Å². The highest BCUT2D eigenvalue weighted by atomic mass is 14.5. The van der Waals surface area contributed by atoms with Gasteiger partial charge < -0.3 is 5.73 Å². The van der Waals surface area contributed by atoms with Crippen LogP contribution < -0.4 is 5.73 Å². The summed E-state index contributed by atoms with van der Waals surface area (Å²) >= 11 is 0. The topological polar surface area (TPSA) is 26.0 Å². The molecule has 0 heterocycles. The molecule has 0 radical (unpaired) electrons. The molecule has 2 atom stereocenters. The Kier molecular flexibility index (Phi) is 3.38. The fourth-order valence-corrected chi connectivity index (χ4v) is 2.51. The first-order valence-electron chi connectivity index (χ1n) is 4.95. The zero-order chi connectivity index (χ0) is 8.27. The molecule has 2 N–H and O–H groups in total. The van der Waals surface area contributed by atoms with Gasteiger partial charge in [-0.2, -0.15) is 0 Å². The Labute approximate surface area is 70.4 Å². The largest absolute Gasteiger partial charge is 0.330 e. The maximum atomic E-state index is 5.58. The van der Waals surface area contributed by atoms with E-state index in [-0.39, 0.29) is 0 Å². The number of rotatable bonds is 2. The minimum absolute atomic E-state index is 0.874. The van der Waals surface area contributed by atoms with Gasteiger partial charge in [0.05, 0.1) is 0 Å². The SMILES string of the molecule is CC1CCCC(C)C1CCN. The van der Waals surface area contributed by atoms with Gasteiger partial charge >= 0.3 is 0 Å². The molecular weight excluding hydrogens is 134 g/mol. The zero-order valence-electron chi connectivity index (χ0n) is 7.84. The summed E-state index contributed by atoms with van der Waals surface area (Å²) in [6, 6.07) is 0. The van der Waals surface area contributed by atoms with Crippen LogP contribution in [0.4, 0.5) is 0 Å². The van der Waals surface area contributed by atoms with Crippen molar-refractivity contribution < 1.29 is 0 Å². The predicted molar refractivity (Wildman–Crippen MR) is 49.3 cm³/mol. The summed E-state index contributed by atoms with van der Waals surface area (Å²) in [7, 11) is 0. The Balaban J connectivity index is 2.41. The van der Waals surface area contributed by atoms with E-state index < -0.39 is 0 Å². The summed E-state index contributed by atoms with van der Waals surface area (Å²) in [5.41, 5.74) is 5.58. The van der Waals surface area contributed by atoms with Crippen LogP contribution >= 0.6 is 0 Å². The molecule has 1 aliphatic carbocycles. The first-order valence-corrected chi connectivity index (χ1v) is 4.95. The fraction of sp³-hybridized carbons (Fsp3) is 1.00. The lowest BCUT2D eigenvalue weighted by Gasteiger charge is -2.34. The van der Waals surface area contributed by atoms with E-state index in [4.69, 9.17) is 5.73 Å². The van der Waals surface area contributed by atoms with Crippen molar-refractivity contribution in [3.63, 3.8) is 0 Å². The molecule has 2 unspecified atom stereocenters. The van der Waals surface area contributed by atoms with Crippen LogP contribution in [0.3, 0.4) is 0 Å². The molecule has 66 valence electrons. The van der Waals surface area contributed by atoms with Crippen LogP contribution in [0.2, 0.25) is 0 Å². The lowest BCUT2D eigenvalue weighted by Crippen LogP contribution is -2.26. The van der Waals surface area contributed by atoms with Gasteiger partial charge in [-0.05, 0) is 30.7 Å². The Morgan fingerprint density at radius 2 is 1.73 bits per heavy atom. The summed E-state index contributed by atoms with van der Waals surface area (Å²) < 4.78 is 0. The van der Waals surface area contributed by atoms with Crippen LogP contribution in [0.1, 0.15) is 39.5 Å². The lowest BCUT2D eigenvalue weighted by molar-refractivity contribution is 0.170. The van der Waals surface area contributed by atoms with Crippen molar-refractivity contribution >= 4 is 0 Å². The van der Waals surface area contributed by atoms with Crippen molar-refractivity contribution in [2.24, 2.45) is 23.5 Å². The number of hydrogen-bond acceptors (Lipinski definition) is 1. The van der Waals surface area contributed by atoms with Gasteiger partial charge in [-0.3, -0.25) is 0 Å². The highest BCUT2D eigenvalue weighted by Crippen LogP contribution is 2.35. The molecular formula is C10H21N. The summed E-state index contributed by atoms with van der Waals surface area (Å²) in [5, 5.41) is 0. The van der Waals surface area contributed by atoms with Crippen LogP contribution in [0.25, 0.3) is 0 Å². The molecule has 0 aliphatic heterocycles. The monoisotopic (exact) mass is 155 g/mol. The third kappa shape index (κ3) is 2.19. The molecule has 1 saturated carbocycles. The maximum Gasteiger partial charge on any atom is -0.00744 e. The van der Waals surface area contributed by atoms with Gasteiger partial charge in [0, 0.05) is 0 Å². The zero-order valence-corrected chi connectivity index (χ0v) is 7.84. The normalized spacial score (nSPS) is 39.0. The number of nitrogens with two attached hydrogens (primary N) is 1. The van der Waals surface area contributed by atoms with Crippen molar-refractivity contribution in [1.29, 1.82) is 0 Å². The molecule has 1 rings (SSSR count). The van der Waals surface area contributed by atoms with Crippen LogP contribution in [0.15, 0.2) is 0 Å². The molecule has 0 bridgehead atoms. The van der Waals surface area contributed by atoms with Crippen molar-refractivity contribution in [1.82, 2.24) is 0 Å². The van der Waals surface area contributed by atoms with E-state index >= 15 is 0 Å². The summed E-state index contributed by atoms with van der Waals surface area (Å²) in [6.45, 7) is 5.64. The van der Waals surface area contributed by atoms with Gasteiger partial charge in [-0.25, -0.2) is 0 Å². The van der Waals surface area contributed by atoms with Gasteiger partial charge in [-0.1, -0.05) is 33.1 Å². The summed E-state index contributed by atoms with van der Waals surface area (Å²) in [5.74, 6) is 2.75. The minimum Gasteiger partial charge on any atom is -0.330 e. The highest BCUT2D eigenvalue weighted by Gasteiger charge is 2.26. The van der Waals surface area contributed by atoms with Crippen LogP contribution in [0.5, 0.6) is 0 Å². The van der Waals surface area contributed by atoms with Crippen LogP contribution in [-0.2, 0) is 0 Å². The highest BCUT2D eigenvalue weighted by molar-refractivity contribution is 4.77. The summed E-state index contributed by atoms with van der Waals surface area (Å²) in [4.78, 5) is 0. The Hall–Kier alpha value is -0.0400. The fourth-order valence-electron chi connectivity index (χ4n) is 2.51. The quantitative estimate of drug-likeness (QED) is 0.651. The maximum absolute atomic E-state index is 5.58. The molecule has 11 heavy (non-hydrogen) atoms. The minimum atomic E-state index is 0.874. The molecule has 0 aromatic rings. The first kappa shape index (κ1) is 9.05. The molecule has 0 amide bonds.